The van der Waals surface area contributed by atoms with Gasteiger partial charge in [-0.2, -0.15) is 4.98 Å². The first-order valence-corrected chi connectivity index (χ1v) is 9.29. The Morgan fingerprint density at radius 1 is 1.18 bits per heavy atom. The van der Waals surface area contributed by atoms with Gasteiger partial charge in [0, 0.05) is 36.7 Å². The number of rotatable bonds is 5. The lowest BCUT2D eigenvalue weighted by molar-refractivity contribution is 0.0798. The fourth-order valence-electron chi connectivity index (χ4n) is 3.33. The van der Waals surface area contributed by atoms with Crippen LogP contribution in [0.5, 0.6) is 5.88 Å². The molecule has 4 rings (SSSR count). The predicted molar refractivity (Wildman–Crippen MR) is 108 cm³/mol. The Labute approximate surface area is 163 Å². The van der Waals surface area contributed by atoms with Crippen molar-refractivity contribution in [3.05, 3.63) is 36.3 Å². The van der Waals surface area contributed by atoms with E-state index in [1.807, 2.05) is 12.1 Å². The van der Waals surface area contributed by atoms with Crippen molar-refractivity contribution >= 4 is 28.4 Å². The number of fused-ring (bicyclic) bond motifs is 1. The maximum absolute atomic E-state index is 10.5. The second-order valence-corrected chi connectivity index (χ2v) is 7.55. The second-order valence-electron chi connectivity index (χ2n) is 7.55. The topological polar surface area (TPSA) is 96.3 Å². The number of hydrogen-bond acceptors (Lipinski definition) is 8. The molecular weight excluding hydrogens is 356 g/mol. The van der Waals surface area contributed by atoms with E-state index in [1.165, 1.54) is 0 Å². The maximum atomic E-state index is 10.5. The van der Waals surface area contributed by atoms with E-state index in [2.05, 4.69) is 37.1 Å². The molecule has 0 aromatic carbocycles. The number of pyridine rings is 2. The Hall–Kier alpha value is -3.00. The van der Waals surface area contributed by atoms with Crippen molar-refractivity contribution in [3.8, 4) is 5.88 Å². The van der Waals surface area contributed by atoms with Gasteiger partial charge in [0.2, 0.25) is 11.8 Å². The van der Waals surface area contributed by atoms with E-state index in [-0.39, 0.29) is 0 Å². The summed E-state index contributed by atoms with van der Waals surface area (Å²) in [6.07, 6.45) is 6.23. The van der Waals surface area contributed by atoms with Crippen LogP contribution in [0.15, 0.2) is 30.7 Å². The fraction of sp³-hybridized carbons (Fsp3) is 0.400. The van der Waals surface area contributed by atoms with Gasteiger partial charge < -0.3 is 20.1 Å². The van der Waals surface area contributed by atoms with Gasteiger partial charge >= 0.3 is 0 Å². The van der Waals surface area contributed by atoms with Crippen molar-refractivity contribution in [1.82, 2.24) is 19.9 Å². The number of nitrogens with zero attached hydrogens (tertiary/aromatic N) is 5. The summed E-state index contributed by atoms with van der Waals surface area (Å²) < 4.78 is 5.34. The quantitative estimate of drug-likeness (QED) is 0.697. The summed E-state index contributed by atoms with van der Waals surface area (Å²) in [5.74, 6) is 2.47. The van der Waals surface area contributed by atoms with Crippen molar-refractivity contribution < 1.29 is 9.84 Å². The molecule has 0 spiro atoms. The van der Waals surface area contributed by atoms with Gasteiger partial charge in [0.1, 0.15) is 11.6 Å². The van der Waals surface area contributed by atoms with E-state index in [0.29, 0.717) is 35.1 Å². The first-order valence-electron chi connectivity index (χ1n) is 9.29. The molecule has 8 heteroatoms. The zero-order chi connectivity index (χ0) is 19.9. The number of ether oxygens (including phenoxy) is 1. The molecule has 0 unspecified atom stereocenters. The van der Waals surface area contributed by atoms with Gasteiger partial charge in [-0.1, -0.05) is 0 Å². The minimum absolute atomic E-state index is 0.461. The molecule has 1 aliphatic heterocycles. The summed E-state index contributed by atoms with van der Waals surface area (Å²) in [6, 6.07) is 4.15. The van der Waals surface area contributed by atoms with E-state index < -0.39 is 5.60 Å². The molecule has 0 saturated carbocycles. The highest BCUT2D eigenvalue weighted by Crippen LogP contribution is 2.33. The third-order valence-electron chi connectivity index (χ3n) is 5.06. The second kappa shape index (κ2) is 6.87. The first-order chi connectivity index (χ1) is 13.4. The Morgan fingerprint density at radius 2 is 2.00 bits per heavy atom. The van der Waals surface area contributed by atoms with E-state index >= 15 is 0 Å². The van der Waals surface area contributed by atoms with Gasteiger partial charge in [-0.25, -0.2) is 15.0 Å². The number of aromatic nitrogens is 4. The molecule has 1 fully saturated rings. The summed E-state index contributed by atoms with van der Waals surface area (Å²) in [5, 5.41) is 15.3. The smallest absolute Gasteiger partial charge is 0.227 e. The highest BCUT2D eigenvalue weighted by Gasteiger charge is 2.26. The SMILES string of the molecule is COc1ncc(C(C)(C)O)c2cc(Nc3ccnc(N4CC[C@@H]4C)n3)ncc12. The van der Waals surface area contributed by atoms with Crippen molar-refractivity contribution in [1.29, 1.82) is 0 Å². The summed E-state index contributed by atoms with van der Waals surface area (Å²) in [7, 11) is 1.57. The number of methoxy groups -OCH3 is 1. The highest BCUT2D eigenvalue weighted by atomic mass is 16.5. The van der Waals surface area contributed by atoms with Crippen molar-refractivity contribution in [3.63, 3.8) is 0 Å². The predicted octanol–water partition coefficient (Wildman–Crippen LogP) is 3.00. The molecule has 0 aliphatic carbocycles. The molecule has 1 saturated heterocycles. The third kappa shape index (κ3) is 3.31. The Bertz CT molecular complexity index is 1020. The third-order valence-corrected chi connectivity index (χ3v) is 5.06. The van der Waals surface area contributed by atoms with Crippen molar-refractivity contribution in [2.75, 3.05) is 23.9 Å². The molecule has 8 nitrogen and oxygen atoms in total. The number of aliphatic hydroxyl groups is 1. The molecule has 0 radical (unpaired) electrons. The van der Waals surface area contributed by atoms with Crippen LogP contribution in [-0.4, -0.2) is 44.7 Å². The molecular formula is C20H24N6O2. The van der Waals surface area contributed by atoms with Crippen molar-refractivity contribution in [2.45, 2.75) is 38.8 Å². The minimum atomic E-state index is -1.05. The molecule has 0 bridgehead atoms. The zero-order valence-electron chi connectivity index (χ0n) is 16.5. The summed E-state index contributed by atoms with van der Waals surface area (Å²) in [5.41, 5.74) is -0.349. The maximum Gasteiger partial charge on any atom is 0.227 e. The normalized spacial score (nSPS) is 16.8. The fourth-order valence-corrected chi connectivity index (χ4v) is 3.33. The molecule has 1 aliphatic rings. The van der Waals surface area contributed by atoms with Crippen LogP contribution in [0.2, 0.25) is 0 Å². The van der Waals surface area contributed by atoms with Gasteiger partial charge in [-0.05, 0) is 44.7 Å². The Kier molecular flexibility index (Phi) is 4.50. The average Bonchev–Trinajstić information content (AvgIpc) is 2.65. The van der Waals surface area contributed by atoms with Crippen molar-refractivity contribution in [2.24, 2.45) is 0 Å². The van der Waals surface area contributed by atoms with E-state index in [0.717, 1.165) is 23.7 Å². The molecule has 3 aromatic rings. The zero-order valence-corrected chi connectivity index (χ0v) is 16.5. The van der Waals surface area contributed by atoms with E-state index in [1.54, 1.807) is 39.5 Å². The number of anilines is 3. The first kappa shape index (κ1) is 18.4. The lowest BCUT2D eigenvalue weighted by atomic mass is 9.95. The van der Waals surface area contributed by atoms with Crippen LogP contribution in [0.25, 0.3) is 10.8 Å². The van der Waals surface area contributed by atoms with Gasteiger partial charge in [-0.3, -0.25) is 0 Å². The van der Waals surface area contributed by atoms with Gasteiger partial charge in [-0.15, -0.1) is 0 Å². The van der Waals surface area contributed by atoms with Crippen LogP contribution in [0, 0.1) is 0 Å². The molecule has 1 atom stereocenters. The number of nitrogens with one attached hydrogen (secondary N) is 1. The Morgan fingerprint density at radius 3 is 2.64 bits per heavy atom. The summed E-state index contributed by atoms with van der Waals surface area (Å²) in [6.45, 7) is 6.60. The molecule has 4 heterocycles. The summed E-state index contributed by atoms with van der Waals surface area (Å²) >= 11 is 0. The van der Waals surface area contributed by atoms with Crippen LogP contribution >= 0.6 is 0 Å². The molecule has 3 aromatic heterocycles. The van der Waals surface area contributed by atoms with Crippen LogP contribution in [-0.2, 0) is 5.60 Å². The molecule has 28 heavy (non-hydrogen) atoms. The summed E-state index contributed by atoms with van der Waals surface area (Å²) in [4.78, 5) is 19.9. The number of hydrogen-bond donors (Lipinski definition) is 2. The Balaban J connectivity index is 1.71. The van der Waals surface area contributed by atoms with Crippen LogP contribution < -0.4 is 15.0 Å². The van der Waals surface area contributed by atoms with Gasteiger partial charge in [0.25, 0.3) is 0 Å². The highest BCUT2D eigenvalue weighted by molar-refractivity contribution is 5.91. The largest absolute Gasteiger partial charge is 0.481 e. The molecule has 146 valence electrons. The van der Waals surface area contributed by atoms with Gasteiger partial charge in [0.15, 0.2) is 0 Å². The van der Waals surface area contributed by atoms with E-state index in [9.17, 15) is 5.11 Å². The molecule has 2 N–H and O–H groups in total. The standard InChI is InChI=1S/C20H24N6O2/c1-12-6-8-26(12)19-21-7-5-16(25-19)24-17-9-13-14(10-22-17)18(28-4)23-11-15(13)20(2,3)27/h5,7,9-12,27H,6,8H2,1-4H3,(H,21,22,24,25)/t12-/m0/s1. The lowest BCUT2D eigenvalue weighted by Gasteiger charge is -2.38. The van der Waals surface area contributed by atoms with Crippen LogP contribution in [0.1, 0.15) is 32.8 Å². The average molecular weight is 380 g/mol. The van der Waals surface area contributed by atoms with E-state index in [4.69, 9.17) is 4.74 Å². The van der Waals surface area contributed by atoms with Gasteiger partial charge in [0.05, 0.1) is 18.1 Å². The minimum Gasteiger partial charge on any atom is -0.481 e. The monoisotopic (exact) mass is 380 g/mol. The molecule has 0 amide bonds. The van der Waals surface area contributed by atoms with Crippen LogP contribution in [0.4, 0.5) is 17.6 Å². The van der Waals surface area contributed by atoms with Crippen LogP contribution in [0.3, 0.4) is 0 Å². The lowest BCUT2D eigenvalue weighted by Crippen LogP contribution is -2.46.